The minimum Gasteiger partial charge on any atom is -0.477 e. The molecule has 23 heavy (non-hydrogen) atoms. The van der Waals surface area contributed by atoms with Gasteiger partial charge in [0.15, 0.2) is 0 Å². The number of pyridine rings is 2. The molecule has 0 saturated carbocycles. The van der Waals surface area contributed by atoms with Crippen molar-refractivity contribution in [2.24, 2.45) is 0 Å². The summed E-state index contributed by atoms with van der Waals surface area (Å²) in [6, 6.07) is 6.75. The van der Waals surface area contributed by atoms with Crippen LogP contribution in [0.3, 0.4) is 0 Å². The van der Waals surface area contributed by atoms with Crippen LogP contribution in [0.4, 0.5) is 5.69 Å². The number of aromatic carboxylic acids is 1. The van der Waals surface area contributed by atoms with Crippen LogP contribution in [0.5, 0.6) is 0 Å². The average Bonchev–Trinajstić information content (AvgIpc) is 2.62. The zero-order valence-corrected chi connectivity index (χ0v) is 12.4. The molecule has 3 heterocycles. The van der Waals surface area contributed by atoms with Crippen molar-refractivity contribution in [2.75, 3.05) is 31.1 Å². The number of carbonyl (C=O) groups is 2. The Morgan fingerprint density at radius 3 is 2.39 bits per heavy atom. The highest BCUT2D eigenvalue weighted by Crippen LogP contribution is 2.16. The van der Waals surface area contributed by atoms with E-state index in [9.17, 15) is 9.59 Å². The minimum absolute atomic E-state index is 0.0166. The number of hydrogen-bond donors (Lipinski definition) is 1. The molecule has 1 aliphatic rings. The van der Waals surface area contributed by atoms with Crippen LogP contribution in [-0.4, -0.2) is 58.0 Å². The summed E-state index contributed by atoms with van der Waals surface area (Å²) in [6.07, 6.45) is 4.77. The lowest BCUT2D eigenvalue weighted by Gasteiger charge is -2.36. The first-order chi connectivity index (χ1) is 11.1. The van der Waals surface area contributed by atoms with Gasteiger partial charge in [-0.1, -0.05) is 0 Å². The molecule has 2 aromatic heterocycles. The fraction of sp³-hybridized carbons (Fsp3) is 0.250. The van der Waals surface area contributed by atoms with Crippen molar-refractivity contribution < 1.29 is 14.7 Å². The van der Waals surface area contributed by atoms with Gasteiger partial charge in [-0.25, -0.2) is 9.78 Å². The van der Waals surface area contributed by atoms with Crippen LogP contribution < -0.4 is 4.90 Å². The predicted molar refractivity (Wildman–Crippen MR) is 83.5 cm³/mol. The van der Waals surface area contributed by atoms with Crippen LogP contribution in [-0.2, 0) is 0 Å². The molecule has 1 fully saturated rings. The van der Waals surface area contributed by atoms with E-state index >= 15 is 0 Å². The summed E-state index contributed by atoms with van der Waals surface area (Å²) >= 11 is 0. The second kappa shape index (κ2) is 6.43. The maximum atomic E-state index is 12.4. The van der Waals surface area contributed by atoms with E-state index in [2.05, 4.69) is 14.9 Å². The van der Waals surface area contributed by atoms with Crippen molar-refractivity contribution in [3.05, 3.63) is 54.1 Å². The Morgan fingerprint density at radius 2 is 1.83 bits per heavy atom. The van der Waals surface area contributed by atoms with Crippen molar-refractivity contribution in [3.8, 4) is 0 Å². The van der Waals surface area contributed by atoms with E-state index in [0.717, 1.165) is 5.69 Å². The van der Waals surface area contributed by atoms with E-state index in [1.54, 1.807) is 41.7 Å². The second-order valence-electron chi connectivity index (χ2n) is 5.23. The fourth-order valence-corrected chi connectivity index (χ4v) is 2.54. The molecule has 0 bridgehead atoms. The van der Waals surface area contributed by atoms with Gasteiger partial charge in [0, 0.05) is 38.6 Å². The first kappa shape index (κ1) is 15.0. The van der Waals surface area contributed by atoms with Crippen LogP contribution in [0.2, 0.25) is 0 Å². The number of rotatable bonds is 3. The largest absolute Gasteiger partial charge is 0.477 e. The Hall–Kier alpha value is -2.96. The summed E-state index contributed by atoms with van der Waals surface area (Å²) < 4.78 is 0. The molecule has 2 aromatic rings. The van der Waals surface area contributed by atoms with E-state index < -0.39 is 5.97 Å². The molecule has 0 aromatic carbocycles. The highest BCUT2D eigenvalue weighted by atomic mass is 16.4. The molecule has 0 unspecified atom stereocenters. The Balaban J connectivity index is 1.62. The standard InChI is InChI=1S/C16H16N4O3/c21-15(12-2-1-5-17-10-12)20-8-6-19(7-9-20)13-3-4-14(16(22)23)18-11-13/h1-5,10-11H,6-9H2,(H,22,23). The van der Waals surface area contributed by atoms with Gasteiger partial charge in [0.1, 0.15) is 5.69 Å². The summed E-state index contributed by atoms with van der Waals surface area (Å²) in [6.45, 7) is 2.57. The van der Waals surface area contributed by atoms with Gasteiger partial charge >= 0.3 is 5.97 Å². The highest BCUT2D eigenvalue weighted by molar-refractivity contribution is 5.94. The topological polar surface area (TPSA) is 86.6 Å². The zero-order valence-electron chi connectivity index (χ0n) is 12.4. The summed E-state index contributed by atoms with van der Waals surface area (Å²) in [5.41, 5.74) is 1.48. The first-order valence-electron chi connectivity index (χ1n) is 7.29. The smallest absolute Gasteiger partial charge is 0.354 e. The molecule has 1 saturated heterocycles. The van der Waals surface area contributed by atoms with Crippen LogP contribution in [0.1, 0.15) is 20.8 Å². The molecular formula is C16H16N4O3. The van der Waals surface area contributed by atoms with Gasteiger partial charge < -0.3 is 14.9 Å². The predicted octanol–water partition coefficient (Wildman–Crippen LogP) is 1.14. The van der Waals surface area contributed by atoms with Gasteiger partial charge in [-0.05, 0) is 24.3 Å². The number of hydrogen-bond acceptors (Lipinski definition) is 5. The lowest BCUT2D eigenvalue weighted by molar-refractivity contribution is 0.0688. The summed E-state index contributed by atoms with van der Waals surface area (Å²) in [5.74, 6) is -1.06. The third-order valence-corrected chi connectivity index (χ3v) is 3.81. The molecule has 118 valence electrons. The van der Waals surface area contributed by atoms with Crippen molar-refractivity contribution in [2.45, 2.75) is 0 Å². The molecular weight excluding hydrogens is 296 g/mol. The third-order valence-electron chi connectivity index (χ3n) is 3.81. The SMILES string of the molecule is O=C(O)c1ccc(N2CCN(C(=O)c3cccnc3)CC2)cn1. The van der Waals surface area contributed by atoms with Crippen LogP contribution >= 0.6 is 0 Å². The van der Waals surface area contributed by atoms with Crippen LogP contribution in [0.15, 0.2) is 42.9 Å². The van der Waals surface area contributed by atoms with Crippen LogP contribution in [0, 0.1) is 0 Å². The molecule has 0 radical (unpaired) electrons. The summed E-state index contributed by atoms with van der Waals surface area (Å²) in [4.78, 5) is 35.0. The van der Waals surface area contributed by atoms with Crippen LogP contribution in [0.25, 0.3) is 0 Å². The molecule has 0 aliphatic carbocycles. The number of carbonyl (C=O) groups excluding carboxylic acids is 1. The monoisotopic (exact) mass is 312 g/mol. The highest BCUT2D eigenvalue weighted by Gasteiger charge is 2.22. The second-order valence-corrected chi connectivity index (χ2v) is 5.23. The molecule has 1 N–H and O–H groups in total. The van der Waals surface area contributed by atoms with Gasteiger partial charge in [-0.15, -0.1) is 0 Å². The van der Waals surface area contributed by atoms with E-state index in [1.165, 1.54) is 6.07 Å². The number of carboxylic acids is 1. The van der Waals surface area contributed by atoms with Gasteiger partial charge in [-0.3, -0.25) is 9.78 Å². The van der Waals surface area contributed by atoms with Gasteiger partial charge in [-0.2, -0.15) is 0 Å². The van der Waals surface area contributed by atoms with E-state index in [4.69, 9.17) is 5.11 Å². The summed E-state index contributed by atoms with van der Waals surface area (Å²) in [7, 11) is 0. The number of aromatic nitrogens is 2. The van der Waals surface area contributed by atoms with Crippen molar-refractivity contribution in [3.63, 3.8) is 0 Å². The first-order valence-corrected chi connectivity index (χ1v) is 7.29. The van der Waals surface area contributed by atoms with Crippen molar-refractivity contribution in [1.29, 1.82) is 0 Å². The lowest BCUT2D eigenvalue weighted by Crippen LogP contribution is -2.48. The van der Waals surface area contributed by atoms with Crippen molar-refractivity contribution in [1.82, 2.24) is 14.9 Å². The number of amides is 1. The number of nitrogens with zero attached hydrogens (tertiary/aromatic N) is 4. The third kappa shape index (κ3) is 3.28. The minimum atomic E-state index is -1.04. The Morgan fingerprint density at radius 1 is 1.04 bits per heavy atom. The maximum Gasteiger partial charge on any atom is 0.354 e. The number of carboxylic acid groups (broad SMARTS) is 1. The summed E-state index contributed by atoms with van der Waals surface area (Å²) in [5, 5.41) is 8.86. The Bertz CT molecular complexity index is 695. The number of anilines is 1. The van der Waals surface area contributed by atoms with Crippen molar-refractivity contribution >= 4 is 17.6 Å². The number of piperazine rings is 1. The molecule has 1 amide bonds. The quantitative estimate of drug-likeness (QED) is 0.914. The lowest BCUT2D eigenvalue weighted by atomic mass is 10.2. The Kier molecular flexibility index (Phi) is 4.18. The average molecular weight is 312 g/mol. The van der Waals surface area contributed by atoms with Gasteiger partial charge in [0.25, 0.3) is 5.91 Å². The van der Waals surface area contributed by atoms with E-state index in [-0.39, 0.29) is 11.6 Å². The molecule has 7 heteroatoms. The molecule has 3 rings (SSSR count). The van der Waals surface area contributed by atoms with E-state index in [0.29, 0.717) is 31.7 Å². The molecule has 7 nitrogen and oxygen atoms in total. The van der Waals surface area contributed by atoms with E-state index in [1.807, 2.05) is 0 Å². The normalized spacial score (nSPS) is 14.6. The molecule has 0 spiro atoms. The van der Waals surface area contributed by atoms with Gasteiger partial charge in [0.05, 0.1) is 17.4 Å². The maximum absolute atomic E-state index is 12.4. The van der Waals surface area contributed by atoms with Gasteiger partial charge in [0.2, 0.25) is 0 Å². The molecule has 0 atom stereocenters. The Labute approximate surface area is 133 Å². The zero-order chi connectivity index (χ0) is 16.2. The fourth-order valence-electron chi connectivity index (χ4n) is 2.54. The molecule has 1 aliphatic heterocycles.